The summed E-state index contributed by atoms with van der Waals surface area (Å²) >= 11 is 1.78. The molecule has 3 heterocycles. The van der Waals surface area contributed by atoms with Crippen LogP contribution in [0.1, 0.15) is 22.6 Å². The van der Waals surface area contributed by atoms with Crippen LogP contribution in [0.25, 0.3) is 11.5 Å². The quantitative estimate of drug-likeness (QED) is 0.470. The molecule has 7 nitrogen and oxygen atoms in total. The van der Waals surface area contributed by atoms with Crippen molar-refractivity contribution in [2.24, 2.45) is 4.99 Å². The van der Waals surface area contributed by atoms with Crippen LogP contribution in [0.3, 0.4) is 0 Å². The standard InChI is InChI=1S/C22H25N5O2S/c1-23-22(25-13-18-15-29-21(26-18)16-5-3-2-4-6-16)24-10-7-20(28)27-11-8-19-17(14-27)9-12-30-19/h2-6,9,12,15H,7-8,10-11,13-14H2,1H3,(H2,23,24,25). The van der Waals surface area contributed by atoms with Crippen LogP contribution in [-0.4, -0.2) is 41.9 Å². The van der Waals surface area contributed by atoms with Crippen molar-refractivity contribution in [1.29, 1.82) is 0 Å². The Balaban J connectivity index is 1.21. The third kappa shape index (κ3) is 4.88. The lowest BCUT2D eigenvalue weighted by atomic mass is 10.1. The minimum atomic E-state index is 0.166. The van der Waals surface area contributed by atoms with Crippen molar-refractivity contribution in [3.05, 3.63) is 64.2 Å². The second-order valence-corrected chi connectivity index (χ2v) is 8.05. The molecule has 0 radical (unpaired) electrons. The summed E-state index contributed by atoms with van der Waals surface area (Å²) in [5.74, 6) is 1.39. The molecule has 1 aliphatic rings. The van der Waals surface area contributed by atoms with Gasteiger partial charge in [-0.1, -0.05) is 18.2 Å². The number of guanidine groups is 1. The van der Waals surface area contributed by atoms with Crippen LogP contribution in [0.4, 0.5) is 0 Å². The SMILES string of the molecule is CN=C(NCCC(=O)N1CCc2sccc2C1)NCc1coc(-c2ccccc2)n1. The second kappa shape index (κ2) is 9.58. The number of hydrogen-bond donors (Lipinski definition) is 2. The van der Waals surface area contributed by atoms with E-state index in [0.717, 1.165) is 30.8 Å². The summed E-state index contributed by atoms with van der Waals surface area (Å²) in [5.41, 5.74) is 3.01. The first-order chi connectivity index (χ1) is 14.7. The van der Waals surface area contributed by atoms with Crippen molar-refractivity contribution >= 4 is 23.2 Å². The largest absolute Gasteiger partial charge is 0.444 e. The Hall–Kier alpha value is -3.13. The summed E-state index contributed by atoms with van der Waals surface area (Å²) in [6, 6.07) is 11.9. The zero-order chi connectivity index (χ0) is 20.8. The number of aliphatic imine (C=N–C) groups is 1. The molecule has 30 heavy (non-hydrogen) atoms. The van der Waals surface area contributed by atoms with Crippen LogP contribution in [0, 0.1) is 0 Å². The predicted molar refractivity (Wildman–Crippen MR) is 118 cm³/mol. The number of carbonyl (C=O) groups excluding carboxylic acids is 1. The molecule has 1 aliphatic heterocycles. The number of rotatable bonds is 6. The maximum absolute atomic E-state index is 12.5. The zero-order valence-electron chi connectivity index (χ0n) is 16.9. The first kappa shape index (κ1) is 20.2. The van der Waals surface area contributed by atoms with Gasteiger partial charge in [-0.15, -0.1) is 11.3 Å². The average molecular weight is 424 g/mol. The molecule has 2 aromatic heterocycles. The Bertz CT molecular complexity index is 1010. The number of aromatic nitrogens is 1. The molecule has 4 rings (SSSR count). The number of oxazole rings is 1. The smallest absolute Gasteiger partial charge is 0.226 e. The monoisotopic (exact) mass is 423 g/mol. The van der Waals surface area contributed by atoms with Crippen molar-refractivity contribution in [3.63, 3.8) is 0 Å². The van der Waals surface area contributed by atoms with E-state index in [1.54, 1.807) is 24.6 Å². The molecule has 1 amide bonds. The first-order valence-electron chi connectivity index (χ1n) is 10.0. The van der Waals surface area contributed by atoms with Gasteiger partial charge in [0.15, 0.2) is 5.96 Å². The van der Waals surface area contributed by atoms with E-state index in [-0.39, 0.29) is 5.91 Å². The van der Waals surface area contributed by atoms with Gasteiger partial charge in [0.2, 0.25) is 11.8 Å². The molecule has 0 bridgehead atoms. The highest BCUT2D eigenvalue weighted by Gasteiger charge is 2.21. The molecule has 1 aromatic carbocycles. The minimum absolute atomic E-state index is 0.166. The summed E-state index contributed by atoms with van der Waals surface area (Å²) in [6.07, 6.45) is 3.03. The number of carbonyl (C=O) groups is 1. The van der Waals surface area contributed by atoms with Crippen LogP contribution < -0.4 is 10.6 Å². The molecule has 3 aromatic rings. The second-order valence-electron chi connectivity index (χ2n) is 7.05. The summed E-state index contributed by atoms with van der Waals surface area (Å²) in [4.78, 5) is 24.6. The van der Waals surface area contributed by atoms with Crippen molar-refractivity contribution in [3.8, 4) is 11.5 Å². The van der Waals surface area contributed by atoms with Gasteiger partial charge >= 0.3 is 0 Å². The highest BCUT2D eigenvalue weighted by Crippen LogP contribution is 2.24. The van der Waals surface area contributed by atoms with E-state index in [1.165, 1.54) is 10.4 Å². The van der Waals surface area contributed by atoms with Crippen molar-refractivity contribution < 1.29 is 9.21 Å². The van der Waals surface area contributed by atoms with Gasteiger partial charge in [-0.05, 0) is 35.6 Å². The van der Waals surface area contributed by atoms with Gasteiger partial charge in [0.1, 0.15) is 6.26 Å². The van der Waals surface area contributed by atoms with E-state index in [2.05, 4.69) is 32.1 Å². The van der Waals surface area contributed by atoms with E-state index in [1.807, 2.05) is 35.2 Å². The first-order valence-corrected chi connectivity index (χ1v) is 10.9. The van der Waals surface area contributed by atoms with Crippen LogP contribution in [0.5, 0.6) is 0 Å². The molecule has 0 saturated carbocycles. The lowest BCUT2D eigenvalue weighted by Crippen LogP contribution is -2.40. The lowest BCUT2D eigenvalue weighted by Gasteiger charge is -2.27. The third-order valence-electron chi connectivity index (χ3n) is 5.02. The van der Waals surface area contributed by atoms with E-state index in [0.29, 0.717) is 31.4 Å². The highest BCUT2D eigenvalue weighted by atomic mass is 32.1. The fraction of sp³-hybridized carbons (Fsp3) is 0.318. The van der Waals surface area contributed by atoms with Crippen LogP contribution in [-0.2, 0) is 24.3 Å². The molecule has 156 valence electrons. The van der Waals surface area contributed by atoms with E-state index < -0.39 is 0 Å². The van der Waals surface area contributed by atoms with Gasteiger partial charge in [0.05, 0.1) is 12.2 Å². The van der Waals surface area contributed by atoms with Crippen LogP contribution >= 0.6 is 11.3 Å². The molecule has 8 heteroatoms. The van der Waals surface area contributed by atoms with Crippen molar-refractivity contribution in [1.82, 2.24) is 20.5 Å². The van der Waals surface area contributed by atoms with Gasteiger partial charge in [0.25, 0.3) is 0 Å². The van der Waals surface area contributed by atoms with Crippen molar-refractivity contribution in [2.75, 3.05) is 20.1 Å². The molecule has 0 fully saturated rings. The summed E-state index contributed by atoms with van der Waals surface area (Å²) in [6.45, 7) is 2.53. The van der Waals surface area contributed by atoms with Gasteiger partial charge < -0.3 is 20.0 Å². The maximum Gasteiger partial charge on any atom is 0.226 e. The number of benzene rings is 1. The summed E-state index contributed by atoms with van der Waals surface area (Å²) in [5, 5.41) is 8.51. The van der Waals surface area contributed by atoms with Crippen molar-refractivity contribution in [2.45, 2.75) is 25.9 Å². The van der Waals surface area contributed by atoms with Gasteiger partial charge in [0, 0.05) is 43.5 Å². The molecular formula is C22H25N5O2S. The fourth-order valence-electron chi connectivity index (χ4n) is 3.40. The van der Waals surface area contributed by atoms with Gasteiger partial charge in [-0.2, -0.15) is 0 Å². The Labute approximate surface area is 179 Å². The Morgan fingerprint density at radius 2 is 2.13 bits per heavy atom. The summed E-state index contributed by atoms with van der Waals surface area (Å²) < 4.78 is 5.55. The number of fused-ring (bicyclic) bond motifs is 1. The highest BCUT2D eigenvalue weighted by molar-refractivity contribution is 7.10. The predicted octanol–water partition coefficient (Wildman–Crippen LogP) is 3.04. The molecule has 2 N–H and O–H groups in total. The molecule has 0 saturated heterocycles. The van der Waals surface area contributed by atoms with Gasteiger partial charge in [-0.3, -0.25) is 9.79 Å². The minimum Gasteiger partial charge on any atom is -0.444 e. The lowest BCUT2D eigenvalue weighted by molar-refractivity contribution is -0.131. The average Bonchev–Trinajstić information content (AvgIpc) is 3.45. The number of nitrogens with zero attached hydrogens (tertiary/aromatic N) is 3. The molecular weight excluding hydrogens is 398 g/mol. The molecule has 0 spiro atoms. The molecule has 0 aliphatic carbocycles. The third-order valence-corrected chi connectivity index (χ3v) is 6.05. The number of nitrogens with one attached hydrogen (secondary N) is 2. The molecule has 0 unspecified atom stereocenters. The van der Waals surface area contributed by atoms with Crippen LogP contribution in [0.15, 0.2) is 57.5 Å². The molecule has 0 atom stereocenters. The topological polar surface area (TPSA) is 82.8 Å². The van der Waals surface area contributed by atoms with Crippen LogP contribution in [0.2, 0.25) is 0 Å². The Morgan fingerprint density at radius 3 is 2.97 bits per heavy atom. The fourth-order valence-corrected chi connectivity index (χ4v) is 4.29. The number of hydrogen-bond acceptors (Lipinski definition) is 5. The van der Waals surface area contributed by atoms with E-state index in [4.69, 9.17) is 4.42 Å². The normalized spacial score (nSPS) is 13.8. The Morgan fingerprint density at radius 1 is 1.27 bits per heavy atom. The maximum atomic E-state index is 12.5. The number of thiophene rings is 1. The van der Waals surface area contributed by atoms with E-state index >= 15 is 0 Å². The zero-order valence-corrected chi connectivity index (χ0v) is 17.7. The van der Waals surface area contributed by atoms with E-state index in [9.17, 15) is 4.79 Å². The summed E-state index contributed by atoms with van der Waals surface area (Å²) in [7, 11) is 1.71. The Kier molecular flexibility index (Phi) is 6.44. The number of amides is 1. The van der Waals surface area contributed by atoms with Gasteiger partial charge in [-0.25, -0.2) is 4.98 Å².